The number of hydrogen-bond donors (Lipinski definition) is 2. The quantitative estimate of drug-likeness (QED) is 0.714. The van der Waals surface area contributed by atoms with Crippen molar-refractivity contribution < 1.29 is 19.8 Å². The minimum absolute atomic E-state index is 0.0916. The van der Waals surface area contributed by atoms with Crippen LogP contribution in [-0.2, 0) is 18.4 Å². The van der Waals surface area contributed by atoms with E-state index in [1.807, 2.05) is 42.5 Å². The number of carbonyl (C=O) groups excluding carboxylic acids is 1. The van der Waals surface area contributed by atoms with Gasteiger partial charge in [0, 0.05) is 35.1 Å². The van der Waals surface area contributed by atoms with Gasteiger partial charge in [-0.2, -0.15) is 0 Å². The first-order valence-electron chi connectivity index (χ1n) is 10.0. The van der Waals surface area contributed by atoms with E-state index in [4.69, 9.17) is 0 Å². The smallest absolute Gasteiger partial charge is 0.407 e. The molecule has 0 aliphatic carbocycles. The largest absolute Gasteiger partial charge is 0.465 e. The number of carbonyl (C=O) groups is 2. The van der Waals surface area contributed by atoms with E-state index in [2.05, 4.69) is 29.8 Å². The molecule has 2 aliphatic rings. The fourth-order valence-electron chi connectivity index (χ4n) is 4.66. The van der Waals surface area contributed by atoms with Crippen LogP contribution in [0.15, 0.2) is 46.9 Å². The second-order valence-electron chi connectivity index (χ2n) is 8.78. The molecule has 2 atom stereocenters. The van der Waals surface area contributed by atoms with Gasteiger partial charge in [-0.05, 0) is 41.3 Å². The highest BCUT2D eigenvalue weighted by Gasteiger charge is 2.40. The standard InChI is InChI=1S/C23H25BrN2O4/c1-23(2)13-25(21(28)17-8-7-16(24)10-18(17)23)12-20(27)19-9-14-5-3-4-6-15(14)11-26(19)22(29)30/h3-8,10,19-20,27H,9,11-13H2,1-2H3,(H,29,30). The lowest BCUT2D eigenvalue weighted by molar-refractivity contribution is 0.0132. The molecule has 0 bridgehead atoms. The Kier molecular flexibility index (Phi) is 5.36. The molecule has 2 unspecified atom stereocenters. The number of fused-ring (bicyclic) bond motifs is 2. The first-order chi connectivity index (χ1) is 14.2. The Bertz CT molecular complexity index is 1010. The van der Waals surface area contributed by atoms with E-state index in [9.17, 15) is 19.8 Å². The summed E-state index contributed by atoms with van der Waals surface area (Å²) in [6.45, 7) is 4.94. The highest BCUT2D eigenvalue weighted by Crippen LogP contribution is 2.35. The van der Waals surface area contributed by atoms with Crippen LogP contribution in [0.4, 0.5) is 4.79 Å². The minimum Gasteiger partial charge on any atom is -0.465 e. The van der Waals surface area contributed by atoms with E-state index in [-0.39, 0.29) is 24.4 Å². The number of carboxylic acid groups (broad SMARTS) is 1. The zero-order valence-corrected chi connectivity index (χ0v) is 18.6. The number of β-amino-alcohol motifs (C(OH)–C–C–N with tert-alkyl or cyclic N) is 1. The molecule has 30 heavy (non-hydrogen) atoms. The lowest BCUT2D eigenvalue weighted by atomic mass is 9.78. The van der Waals surface area contributed by atoms with Crippen molar-refractivity contribution in [2.24, 2.45) is 0 Å². The van der Waals surface area contributed by atoms with E-state index in [1.165, 1.54) is 4.90 Å². The number of aliphatic hydroxyl groups excluding tert-OH is 1. The summed E-state index contributed by atoms with van der Waals surface area (Å²) in [7, 11) is 0. The second-order valence-corrected chi connectivity index (χ2v) is 9.69. The van der Waals surface area contributed by atoms with Crippen LogP contribution in [-0.4, -0.2) is 57.2 Å². The van der Waals surface area contributed by atoms with E-state index in [0.717, 1.165) is 21.2 Å². The fourth-order valence-corrected chi connectivity index (χ4v) is 5.02. The zero-order valence-electron chi connectivity index (χ0n) is 17.0. The summed E-state index contributed by atoms with van der Waals surface area (Å²) in [5, 5.41) is 20.8. The summed E-state index contributed by atoms with van der Waals surface area (Å²) in [4.78, 5) is 27.9. The molecule has 0 saturated heterocycles. The molecule has 0 aromatic heterocycles. The first kappa shape index (κ1) is 20.9. The summed E-state index contributed by atoms with van der Waals surface area (Å²) < 4.78 is 0.925. The average molecular weight is 473 g/mol. The maximum atomic E-state index is 13.1. The molecule has 6 nitrogen and oxygen atoms in total. The number of rotatable bonds is 3. The number of nitrogens with zero attached hydrogens (tertiary/aromatic N) is 2. The van der Waals surface area contributed by atoms with Crippen LogP contribution < -0.4 is 0 Å². The molecule has 2 heterocycles. The van der Waals surface area contributed by atoms with Gasteiger partial charge >= 0.3 is 6.09 Å². The second kappa shape index (κ2) is 7.71. The van der Waals surface area contributed by atoms with Gasteiger partial charge in [0.25, 0.3) is 5.91 Å². The Labute approximate surface area is 184 Å². The third-order valence-electron chi connectivity index (χ3n) is 6.20. The molecule has 2 N–H and O–H groups in total. The van der Waals surface area contributed by atoms with Crippen LogP contribution in [0.1, 0.15) is 40.9 Å². The van der Waals surface area contributed by atoms with Crippen molar-refractivity contribution in [1.82, 2.24) is 9.80 Å². The van der Waals surface area contributed by atoms with E-state index in [0.29, 0.717) is 18.5 Å². The zero-order chi connectivity index (χ0) is 21.6. The Hall–Kier alpha value is -2.38. The molecule has 7 heteroatoms. The van der Waals surface area contributed by atoms with Crippen LogP contribution in [0.25, 0.3) is 0 Å². The highest BCUT2D eigenvalue weighted by atomic mass is 79.9. The predicted molar refractivity (Wildman–Crippen MR) is 117 cm³/mol. The van der Waals surface area contributed by atoms with Gasteiger partial charge in [-0.1, -0.05) is 54.0 Å². The molecule has 2 aromatic rings. The molecule has 2 aromatic carbocycles. The molecule has 0 saturated carbocycles. The Morgan fingerprint density at radius 1 is 1.23 bits per heavy atom. The van der Waals surface area contributed by atoms with Gasteiger partial charge in [-0.3, -0.25) is 9.69 Å². The molecule has 158 valence electrons. The lowest BCUT2D eigenvalue weighted by Crippen LogP contribution is -2.56. The lowest BCUT2D eigenvalue weighted by Gasteiger charge is -2.43. The number of aliphatic hydroxyl groups is 1. The fraction of sp³-hybridized carbons (Fsp3) is 0.391. The average Bonchev–Trinajstić information content (AvgIpc) is 2.70. The van der Waals surface area contributed by atoms with Gasteiger partial charge in [-0.15, -0.1) is 0 Å². The molecule has 0 radical (unpaired) electrons. The minimum atomic E-state index is -1.06. The molecule has 2 amide bonds. The molecular formula is C23H25BrN2O4. The number of hydrogen-bond acceptors (Lipinski definition) is 3. The monoisotopic (exact) mass is 472 g/mol. The number of benzene rings is 2. The van der Waals surface area contributed by atoms with Crippen LogP contribution in [0.3, 0.4) is 0 Å². The van der Waals surface area contributed by atoms with Gasteiger partial charge in [0.1, 0.15) is 0 Å². The third-order valence-corrected chi connectivity index (χ3v) is 6.69. The van der Waals surface area contributed by atoms with Crippen molar-refractivity contribution in [3.8, 4) is 0 Å². The van der Waals surface area contributed by atoms with E-state index in [1.54, 1.807) is 4.90 Å². The summed E-state index contributed by atoms with van der Waals surface area (Å²) in [6, 6.07) is 12.7. The summed E-state index contributed by atoms with van der Waals surface area (Å²) in [5.41, 5.74) is 3.33. The van der Waals surface area contributed by atoms with Crippen molar-refractivity contribution in [2.75, 3.05) is 13.1 Å². The van der Waals surface area contributed by atoms with Crippen molar-refractivity contribution in [2.45, 2.75) is 44.4 Å². The van der Waals surface area contributed by atoms with Crippen molar-refractivity contribution in [3.05, 3.63) is 69.2 Å². The normalized spacial score (nSPS) is 21.1. The van der Waals surface area contributed by atoms with Crippen LogP contribution >= 0.6 is 15.9 Å². The maximum Gasteiger partial charge on any atom is 0.407 e. The molecular weight excluding hydrogens is 448 g/mol. The highest BCUT2D eigenvalue weighted by molar-refractivity contribution is 9.10. The maximum absolute atomic E-state index is 13.1. The van der Waals surface area contributed by atoms with Crippen LogP contribution in [0.2, 0.25) is 0 Å². The number of halogens is 1. The third kappa shape index (κ3) is 3.72. The summed E-state index contributed by atoms with van der Waals surface area (Å²) in [5.74, 6) is -0.131. The summed E-state index contributed by atoms with van der Waals surface area (Å²) in [6.07, 6.45) is -1.61. The van der Waals surface area contributed by atoms with Crippen molar-refractivity contribution in [1.29, 1.82) is 0 Å². The first-order valence-corrected chi connectivity index (χ1v) is 10.8. The van der Waals surface area contributed by atoms with Crippen molar-refractivity contribution in [3.63, 3.8) is 0 Å². The molecule has 4 rings (SSSR count). The van der Waals surface area contributed by atoms with Gasteiger partial charge in [0.15, 0.2) is 0 Å². The predicted octanol–water partition coefficient (Wildman–Crippen LogP) is 3.65. The van der Waals surface area contributed by atoms with Crippen molar-refractivity contribution >= 4 is 27.9 Å². The van der Waals surface area contributed by atoms with Gasteiger partial charge in [-0.25, -0.2) is 4.79 Å². The summed E-state index contributed by atoms with van der Waals surface area (Å²) >= 11 is 3.48. The van der Waals surface area contributed by atoms with Crippen LogP contribution in [0.5, 0.6) is 0 Å². The Morgan fingerprint density at radius 3 is 2.63 bits per heavy atom. The van der Waals surface area contributed by atoms with E-state index < -0.39 is 18.2 Å². The van der Waals surface area contributed by atoms with Crippen LogP contribution in [0, 0.1) is 0 Å². The Balaban J connectivity index is 1.59. The van der Waals surface area contributed by atoms with Gasteiger partial charge in [0.05, 0.1) is 12.1 Å². The molecule has 0 fully saturated rings. The molecule has 2 aliphatic heterocycles. The Morgan fingerprint density at radius 2 is 1.93 bits per heavy atom. The van der Waals surface area contributed by atoms with Gasteiger partial charge < -0.3 is 15.1 Å². The SMILES string of the molecule is CC1(C)CN(CC(O)C2Cc3ccccc3CN2C(=O)O)C(=O)c2ccc(Br)cc21. The number of amides is 2. The van der Waals surface area contributed by atoms with Gasteiger partial charge in [0.2, 0.25) is 0 Å². The molecule has 0 spiro atoms. The van der Waals surface area contributed by atoms with E-state index >= 15 is 0 Å². The topological polar surface area (TPSA) is 81.1 Å².